The van der Waals surface area contributed by atoms with Crippen molar-refractivity contribution in [2.45, 2.75) is 34.1 Å². The van der Waals surface area contributed by atoms with E-state index in [1.54, 1.807) is 6.92 Å². The standard InChI is InChI=1S/C21H26N2O3/c1-14-5-7-17(8-6-14)23-15(2)11-18(16(23)3)19(24)12-22-10-9-21(4,13-22)20(25)26/h5-8,11H,9-10,12-13H2,1-4H3,(H,25,26). The predicted molar refractivity (Wildman–Crippen MR) is 101 cm³/mol. The van der Waals surface area contributed by atoms with Crippen molar-refractivity contribution in [2.24, 2.45) is 5.41 Å². The van der Waals surface area contributed by atoms with Gasteiger partial charge in [-0.1, -0.05) is 17.7 Å². The van der Waals surface area contributed by atoms with E-state index in [0.29, 0.717) is 25.1 Å². The van der Waals surface area contributed by atoms with E-state index in [-0.39, 0.29) is 12.3 Å². The summed E-state index contributed by atoms with van der Waals surface area (Å²) in [6.45, 7) is 9.10. The van der Waals surface area contributed by atoms with Crippen molar-refractivity contribution in [3.05, 3.63) is 52.8 Å². The number of carboxylic acids is 1. The number of aromatic nitrogens is 1. The Bertz CT molecular complexity index is 851. The molecule has 5 nitrogen and oxygen atoms in total. The van der Waals surface area contributed by atoms with Gasteiger partial charge >= 0.3 is 5.97 Å². The number of carboxylic acid groups (broad SMARTS) is 1. The van der Waals surface area contributed by atoms with Gasteiger partial charge in [-0.25, -0.2) is 0 Å². The quantitative estimate of drug-likeness (QED) is 0.836. The molecule has 1 fully saturated rings. The first kappa shape index (κ1) is 18.4. The van der Waals surface area contributed by atoms with Gasteiger partial charge in [-0.2, -0.15) is 0 Å². The van der Waals surface area contributed by atoms with Crippen molar-refractivity contribution in [1.29, 1.82) is 0 Å². The molecule has 1 aliphatic heterocycles. The average molecular weight is 354 g/mol. The number of hydrogen-bond donors (Lipinski definition) is 1. The third kappa shape index (κ3) is 3.31. The smallest absolute Gasteiger partial charge is 0.310 e. The third-order valence-electron chi connectivity index (χ3n) is 5.46. The van der Waals surface area contributed by atoms with Crippen LogP contribution in [0.3, 0.4) is 0 Å². The van der Waals surface area contributed by atoms with Gasteiger partial charge in [0, 0.05) is 29.2 Å². The van der Waals surface area contributed by atoms with Gasteiger partial charge in [-0.3, -0.25) is 14.5 Å². The maximum absolute atomic E-state index is 12.9. The van der Waals surface area contributed by atoms with E-state index in [1.807, 2.05) is 24.8 Å². The van der Waals surface area contributed by atoms with Gasteiger partial charge in [0.25, 0.3) is 0 Å². The monoisotopic (exact) mass is 354 g/mol. The Morgan fingerprint density at radius 1 is 1.15 bits per heavy atom. The summed E-state index contributed by atoms with van der Waals surface area (Å²) in [5.74, 6) is -0.740. The maximum atomic E-state index is 12.9. The highest BCUT2D eigenvalue weighted by Gasteiger charge is 2.40. The first-order valence-corrected chi connectivity index (χ1v) is 8.96. The number of Topliss-reactive ketones (excluding diaryl/α,β-unsaturated/α-hetero) is 1. The zero-order chi connectivity index (χ0) is 19.1. The maximum Gasteiger partial charge on any atom is 0.310 e. The molecule has 1 N–H and O–H groups in total. The molecule has 0 saturated carbocycles. The fourth-order valence-corrected chi connectivity index (χ4v) is 3.79. The van der Waals surface area contributed by atoms with Crippen LogP contribution in [0.2, 0.25) is 0 Å². The second kappa shape index (κ2) is 6.72. The summed E-state index contributed by atoms with van der Waals surface area (Å²) in [4.78, 5) is 26.2. The number of benzene rings is 1. The molecule has 3 rings (SSSR count). The van der Waals surface area contributed by atoms with Crippen molar-refractivity contribution in [1.82, 2.24) is 9.47 Å². The minimum absolute atomic E-state index is 0.0473. The molecule has 1 aromatic heterocycles. The number of rotatable bonds is 5. The highest BCUT2D eigenvalue weighted by molar-refractivity contribution is 5.99. The molecule has 2 aromatic rings. The van der Waals surface area contributed by atoms with Crippen molar-refractivity contribution in [3.8, 4) is 5.69 Å². The second-order valence-corrected chi connectivity index (χ2v) is 7.71. The lowest BCUT2D eigenvalue weighted by atomic mass is 9.90. The number of aliphatic carboxylic acids is 1. The highest BCUT2D eigenvalue weighted by atomic mass is 16.4. The van der Waals surface area contributed by atoms with Gasteiger partial charge in [-0.05, 0) is 58.9 Å². The molecule has 1 aromatic carbocycles. The number of carbonyl (C=O) groups excluding carboxylic acids is 1. The molecule has 1 atom stereocenters. The van der Waals surface area contributed by atoms with Crippen LogP contribution in [0.25, 0.3) is 5.69 Å². The van der Waals surface area contributed by atoms with Gasteiger partial charge in [0.2, 0.25) is 0 Å². The summed E-state index contributed by atoms with van der Waals surface area (Å²) in [5.41, 5.74) is 4.15. The Morgan fingerprint density at radius 3 is 2.38 bits per heavy atom. The van der Waals surface area contributed by atoms with E-state index in [0.717, 1.165) is 17.1 Å². The second-order valence-electron chi connectivity index (χ2n) is 7.71. The molecule has 0 aliphatic carbocycles. The van der Waals surface area contributed by atoms with Gasteiger partial charge in [0.1, 0.15) is 0 Å². The van der Waals surface area contributed by atoms with E-state index < -0.39 is 11.4 Å². The molecule has 2 heterocycles. The molecule has 1 unspecified atom stereocenters. The summed E-state index contributed by atoms with van der Waals surface area (Å²) < 4.78 is 2.10. The van der Waals surface area contributed by atoms with Crippen LogP contribution < -0.4 is 0 Å². The van der Waals surface area contributed by atoms with Crippen molar-refractivity contribution < 1.29 is 14.7 Å². The van der Waals surface area contributed by atoms with Gasteiger partial charge in [0.05, 0.1) is 12.0 Å². The summed E-state index contributed by atoms with van der Waals surface area (Å²) in [6, 6.07) is 10.2. The number of carbonyl (C=O) groups is 2. The molecule has 1 aliphatic rings. The van der Waals surface area contributed by atoms with Crippen LogP contribution in [-0.2, 0) is 4.79 Å². The van der Waals surface area contributed by atoms with Crippen molar-refractivity contribution in [2.75, 3.05) is 19.6 Å². The molecule has 0 spiro atoms. The Morgan fingerprint density at radius 2 is 1.81 bits per heavy atom. The summed E-state index contributed by atoms with van der Waals surface area (Å²) >= 11 is 0. The molecular formula is C21H26N2O3. The SMILES string of the molecule is Cc1ccc(-n2c(C)cc(C(=O)CN3CCC(C)(C(=O)O)C3)c2C)cc1. The van der Waals surface area contributed by atoms with Crippen LogP contribution in [0.5, 0.6) is 0 Å². The van der Waals surface area contributed by atoms with Crippen LogP contribution in [-0.4, -0.2) is 46.0 Å². The molecule has 26 heavy (non-hydrogen) atoms. The third-order valence-corrected chi connectivity index (χ3v) is 5.46. The molecule has 5 heteroatoms. The lowest BCUT2D eigenvalue weighted by molar-refractivity contribution is -0.147. The Balaban J connectivity index is 1.80. The number of hydrogen-bond acceptors (Lipinski definition) is 3. The Hall–Kier alpha value is -2.40. The number of likely N-dealkylation sites (tertiary alicyclic amines) is 1. The minimum Gasteiger partial charge on any atom is -0.481 e. The number of aryl methyl sites for hydroxylation is 2. The fourth-order valence-electron chi connectivity index (χ4n) is 3.79. The largest absolute Gasteiger partial charge is 0.481 e. The van der Waals surface area contributed by atoms with Crippen LogP contribution in [0.4, 0.5) is 0 Å². The predicted octanol–water partition coefficient (Wildman–Crippen LogP) is 3.38. The summed E-state index contributed by atoms with van der Waals surface area (Å²) in [6.07, 6.45) is 0.581. The molecule has 0 radical (unpaired) electrons. The summed E-state index contributed by atoms with van der Waals surface area (Å²) in [5, 5.41) is 9.36. The van der Waals surface area contributed by atoms with E-state index in [9.17, 15) is 14.7 Å². The lowest BCUT2D eigenvalue weighted by Crippen LogP contribution is -2.34. The first-order chi connectivity index (χ1) is 12.2. The Kier molecular flexibility index (Phi) is 4.76. The van der Waals surface area contributed by atoms with Gasteiger partial charge in [-0.15, -0.1) is 0 Å². The molecule has 1 saturated heterocycles. The van der Waals surface area contributed by atoms with E-state index >= 15 is 0 Å². The van der Waals surface area contributed by atoms with Crippen LogP contribution in [0.1, 0.15) is 40.7 Å². The van der Waals surface area contributed by atoms with Crippen molar-refractivity contribution >= 4 is 11.8 Å². The van der Waals surface area contributed by atoms with Gasteiger partial charge < -0.3 is 9.67 Å². The van der Waals surface area contributed by atoms with E-state index in [1.165, 1.54) is 5.56 Å². The topological polar surface area (TPSA) is 62.5 Å². The minimum atomic E-state index is -0.787. The van der Waals surface area contributed by atoms with E-state index in [2.05, 4.69) is 35.8 Å². The number of ketones is 1. The molecule has 138 valence electrons. The van der Waals surface area contributed by atoms with E-state index in [4.69, 9.17) is 0 Å². The number of nitrogens with zero attached hydrogens (tertiary/aromatic N) is 2. The highest BCUT2D eigenvalue weighted by Crippen LogP contribution is 2.30. The molecular weight excluding hydrogens is 328 g/mol. The van der Waals surface area contributed by atoms with Crippen LogP contribution in [0.15, 0.2) is 30.3 Å². The average Bonchev–Trinajstić information content (AvgIpc) is 3.10. The lowest BCUT2D eigenvalue weighted by Gasteiger charge is -2.19. The van der Waals surface area contributed by atoms with Gasteiger partial charge in [0.15, 0.2) is 5.78 Å². The van der Waals surface area contributed by atoms with Crippen molar-refractivity contribution in [3.63, 3.8) is 0 Å². The normalized spacial score (nSPS) is 20.5. The first-order valence-electron chi connectivity index (χ1n) is 8.96. The zero-order valence-corrected chi connectivity index (χ0v) is 15.9. The van der Waals surface area contributed by atoms with Crippen LogP contribution >= 0.6 is 0 Å². The Labute approximate surface area is 154 Å². The fraction of sp³-hybridized carbons (Fsp3) is 0.429. The zero-order valence-electron chi connectivity index (χ0n) is 15.9. The van der Waals surface area contributed by atoms with Crippen LogP contribution in [0, 0.1) is 26.2 Å². The molecule has 0 amide bonds. The summed E-state index contributed by atoms with van der Waals surface area (Å²) in [7, 11) is 0. The molecule has 0 bridgehead atoms.